The van der Waals surface area contributed by atoms with E-state index in [-0.39, 0.29) is 18.4 Å². The number of rotatable bonds is 2. The number of carbonyl (C=O) groups is 1. The van der Waals surface area contributed by atoms with E-state index in [1.54, 1.807) is 6.20 Å². The summed E-state index contributed by atoms with van der Waals surface area (Å²) in [5.74, 6) is -0.0685. The first-order valence-electron chi connectivity index (χ1n) is 5.89. The molecule has 1 aromatic rings. The van der Waals surface area contributed by atoms with Crippen LogP contribution in [0, 0.1) is 11.3 Å². The molecule has 17 heavy (non-hydrogen) atoms. The molecular formula is C13H15N3O. The highest BCUT2D eigenvalue weighted by atomic mass is 16.2. The molecule has 1 saturated heterocycles. The lowest BCUT2D eigenvalue weighted by Crippen LogP contribution is -2.38. The van der Waals surface area contributed by atoms with Gasteiger partial charge < -0.3 is 4.90 Å². The number of amides is 1. The molecule has 1 atom stereocenters. The van der Waals surface area contributed by atoms with E-state index in [0.717, 1.165) is 31.4 Å². The molecule has 1 amide bonds. The average Bonchev–Trinajstić information content (AvgIpc) is 2.40. The Kier molecular flexibility index (Phi) is 3.71. The standard InChI is InChI=1S/C13H15N3O/c14-7-6-13(17)16-9-2-1-5-12(16)11-4-3-8-15-10-11/h3-4,8,10,12H,1-2,5-6,9H2/t12-/m1/s1. The van der Waals surface area contributed by atoms with Crippen molar-refractivity contribution in [2.45, 2.75) is 31.7 Å². The summed E-state index contributed by atoms with van der Waals surface area (Å²) in [6, 6.07) is 5.91. The second kappa shape index (κ2) is 5.44. The Morgan fingerprint density at radius 2 is 2.47 bits per heavy atom. The molecule has 0 unspecified atom stereocenters. The van der Waals surface area contributed by atoms with Gasteiger partial charge in [0, 0.05) is 18.9 Å². The lowest BCUT2D eigenvalue weighted by Gasteiger charge is -2.35. The maximum atomic E-state index is 11.9. The highest BCUT2D eigenvalue weighted by molar-refractivity contribution is 5.78. The fourth-order valence-corrected chi connectivity index (χ4v) is 2.32. The fourth-order valence-electron chi connectivity index (χ4n) is 2.32. The zero-order valence-electron chi connectivity index (χ0n) is 9.67. The van der Waals surface area contributed by atoms with Gasteiger partial charge in [0.1, 0.15) is 6.42 Å². The molecule has 0 saturated carbocycles. The summed E-state index contributed by atoms with van der Waals surface area (Å²) in [6.45, 7) is 0.750. The Hall–Kier alpha value is -1.89. The largest absolute Gasteiger partial charge is 0.335 e. The summed E-state index contributed by atoms with van der Waals surface area (Å²) >= 11 is 0. The molecule has 0 aromatic carbocycles. The second-order valence-electron chi connectivity index (χ2n) is 4.22. The van der Waals surface area contributed by atoms with Crippen molar-refractivity contribution in [2.24, 2.45) is 0 Å². The lowest BCUT2D eigenvalue weighted by molar-refractivity contribution is -0.133. The molecule has 4 nitrogen and oxygen atoms in total. The van der Waals surface area contributed by atoms with Crippen LogP contribution in [0.1, 0.15) is 37.3 Å². The number of likely N-dealkylation sites (tertiary alicyclic amines) is 1. The normalized spacial score (nSPS) is 19.7. The van der Waals surface area contributed by atoms with Crippen LogP contribution in [0.4, 0.5) is 0 Å². The van der Waals surface area contributed by atoms with Gasteiger partial charge in [-0.05, 0) is 30.9 Å². The van der Waals surface area contributed by atoms with Gasteiger partial charge in [-0.3, -0.25) is 9.78 Å². The Balaban J connectivity index is 2.18. The Labute approximate surface area is 101 Å². The van der Waals surface area contributed by atoms with Crippen LogP contribution in [0.5, 0.6) is 0 Å². The van der Waals surface area contributed by atoms with E-state index in [1.165, 1.54) is 0 Å². The fraction of sp³-hybridized carbons (Fsp3) is 0.462. The number of aromatic nitrogens is 1. The van der Waals surface area contributed by atoms with E-state index < -0.39 is 0 Å². The number of pyridine rings is 1. The van der Waals surface area contributed by atoms with Gasteiger partial charge in [-0.2, -0.15) is 5.26 Å². The third kappa shape index (κ3) is 2.62. The van der Waals surface area contributed by atoms with Gasteiger partial charge in [-0.15, -0.1) is 0 Å². The summed E-state index contributed by atoms with van der Waals surface area (Å²) in [6.07, 6.45) is 6.61. The number of carbonyl (C=O) groups excluding carboxylic acids is 1. The quantitative estimate of drug-likeness (QED) is 0.779. The molecule has 4 heteroatoms. The Morgan fingerprint density at radius 1 is 1.59 bits per heavy atom. The molecule has 0 radical (unpaired) electrons. The summed E-state index contributed by atoms with van der Waals surface area (Å²) in [5, 5.41) is 8.61. The van der Waals surface area contributed by atoms with Crippen LogP contribution in [-0.4, -0.2) is 22.3 Å². The molecule has 1 fully saturated rings. The number of hydrogen-bond donors (Lipinski definition) is 0. The molecule has 2 heterocycles. The lowest BCUT2D eigenvalue weighted by atomic mass is 9.96. The van der Waals surface area contributed by atoms with Gasteiger partial charge in [-0.1, -0.05) is 6.07 Å². The van der Waals surface area contributed by atoms with Crippen LogP contribution >= 0.6 is 0 Å². The molecule has 0 aliphatic carbocycles. The maximum absolute atomic E-state index is 11.9. The molecule has 88 valence electrons. The van der Waals surface area contributed by atoms with Gasteiger partial charge in [0.15, 0.2) is 0 Å². The predicted molar refractivity (Wildman–Crippen MR) is 62.8 cm³/mol. The van der Waals surface area contributed by atoms with E-state index >= 15 is 0 Å². The van der Waals surface area contributed by atoms with Gasteiger partial charge in [0.2, 0.25) is 5.91 Å². The van der Waals surface area contributed by atoms with Crippen LogP contribution in [0.15, 0.2) is 24.5 Å². The maximum Gasteiger partial charge on any atom is 0.237 e. The third-order valence-corrected chi connectivity index (χ3v) is 3.12. The average molecular weight is 229 g/mol. The van der Waals surface area contributed by atoms with Crippen LogP contribution < -0.4 is 0 Å². The van der Waals surface area contributed by atoms with Gasteiger partial charge in [0.05, 0.1) is 12.1 Å². The van der Waals surface area contributed by atoms with Gasteiger partial charge in [-0.25, -0.2) is 0 Å². The van der Waals surface area contributed by atoms with Crippen LogP contribution in [-0.2, 0) is 4.79 Å². The number of nitriles is 1. The molecule has 0 spiro atoms. The molecule has 2 rings (SSSR count). The first-order chi connectivity index (χ1) is 8.33. The molecule has 0 bridgehead atoms. The summed E-state index contributed by atoms with van der Waals surface area (Å²) in [7, 11) is 0. The van der Waals surface area contributed by atoms with Crippen molar-refractivity contribution in [2.75, 3.05) is 6.54 Å². The van der Waals surface area contributed by atoms with E-state index in [2.05, 4.69) is 4.98 Å². The molecule has 0 N–H and O–H groups in total. The van der Waals surface area contributed by atoms with Crippen LogP contribution in [0.25, 0.3) is 0 Å². The van der Waals surface area contributed by atoms with Crippen LogP contribution in [0.3, 0.4) is 0 Å². The number of nitrogens with zero attached hydrogens (tertiary/aromatic N) is 3. The second-order valence-corrected chi connectivity index (χ2v) is 4.22. The Bertz CT molecular complexity index is 424. The topological polar surface area (TPSA) is 57.0 Å². The first-order valence-corrected chi connectivity index (χ1v) is 5.89. The summed E-state index contributed by atoms with van der Waals surface area (Å²) in [5.41, 5.74) is 1.07. The van der Waals surface area contributed by atoms with E-state index in [4.69, 9.17) is 5.26 Å². The van der Waals surface area contributed by atoms with Crippen molar-refractivity contribution >= 4 is 5.91 Å². The van der Waals surface area contributed by atoms with E-state index in [1.807, 2.05) is 29.3 Å². The summed E-state index contributed by atoms with van der Waals surface area (Å²) < 4.78 is 0. The van der Waals surface area contributed by atoms with Crippen molar-refractivity contribution in [3.63, 3.8) is 0 Å². The first kappa shape index (κ1) is 11.6. The van der Waals surface area contributed by atoms with Crippen molar-refractivity contribution in [3.8, 4) is 6.07 Å². The Morgan fingerprint density at radius 3 is 3.18 bits per heavy atom. The van der Waals surface area contributed by atoms with Crippen LogP contribution in [0.2, 0.25) is 0 Å². The van der Waals surface area contributed by atoms with Crippen molar-refractivity contribution in [1.29, 1.82) is 5.26 Å². The number of hydrogen-bond acceptors (Lipinski definition) is 3. The van der Waals surface area contributed by atoms with Crippen molar-refractivity contribution in [1.82, 2.24) is 9.88 Å². The zero-order chi connectivity index (χ0) is 12.1. The zero-order valence-corrected chi connectivity index (χ0v) is 9.67. The smallest absolute Gasteiger partial charge is 0.237 e. The minimum Gasteiger partial charge on any atom is -0.335 e. The molecule has 1 aromatic heterocycles. The predicted octanol–water partition coefficient (Wildman–Crippen LogP) is 2.05. The minimum absolute atomic E-state index is 0.0310. The minimum atomic E-state index is -0.0685. The van der Waals surface area contributed by atoms with Crippen molar-refractivity contribution in [3.05, 3.63) is 30.1 Å². The molecule has 1 aliphatic rings. The van der Waals surface area contributed by atoms with Crippen molar-refractivity contribution < 1.29 is 4.79 Å². The highest BCUT2D eigenvalue weighted by Crippen LogP contribution is 2.30. The van der Waals surface area contributed by atoms with Gasteiger partial charge in [0.25, 0.3) is 0 Å². The highest BCUT2D eigenvalue weighted by Gasteiger charge is 2.27. The monoisotopic (exact) mass is 229 g/mol. The molecule has 1 aliphatic heterocycles. The number of piperidine rings is 1. The van der Waals surface area contributed by atoms with Gasteiger partial charge >= 0.3 is 0 Å². The molecular weight excluding hydrogens is 214 g/mol. The van der Waals surface area contributed by atoms with E-state index in [9.17, 15) is 4.79 Å². The van der Waals surface area contributed by atoms with E-state index in [0.29, 0.717) is 0 Å². The summed E-state index contributed by atoms with van der Waals surface area (Å²) in [4.78, 5) is 17.8. The SMILES string of the molecule is N#CCC(=O)N1CCCC[C@@H]1c1cccnc1. The third-order valence-electron chi connectivity index (χ3n) is 3.12.